The Balaban J connectivity index is 1.16. The first-order valence-electron chi connectivity index (χ1n) is 10.4. The molecule has 2 N–H and O–H groups in total. The number of fused-ring (bicyclic) bond motifs is 2. The Labute approximate surface area is 187 Å². The van der Waals surface area contributed by atoms with Gasteiger partial charge in [-0.2, -0.15) is 0 Å². The van der Waals surface area contributed by atoms with Gasteiger partial charge in [0.25, 0.3) is 5.91 Å². The summed E-state index contributed by atoms with van der Waals surface area (Å²) in [4.78, 5) is 14.9. The van der Waals surface area contributed by atoms with Crippen molar-refractivity contribution in [2.24, 2.45) is 0 Å². The summed E-state index contributed by atoms with van der Waals surface area (Å²) in [6.07, 6.45) is 1.05. The van der Waals surface area contributed by atoms with Crippen LogP contribution in [0.3, 0.4) is 0 Å². The van der Waals surface area contributed by atoms with Gasteiger partial charge in [0.05, 0.1) is 0 Å². The lowest BCUT2D eigenvalue weighted by Gasteiger charge is -2.30. The second kappa shape index (κ2) is 8.40. The van der Waals surface area contributed by atoms with Crippen molar-refractivity contribution in [3.05, 3.63) is 89.5 Å². The molecule has 6 heteroatoms. The molecule has 0 spiro atoms. The van der Waals surface area contributed by atoms with Gasteiger partial charge in [-0.25, -0.2) is 0 Å². The number of nitrogens with zero attached hydrogens (tertiary/aromatic N) is 1. The number of para-hydroxylation sites is 1. The lowest BCUT2D eigenvalue weighted by Crippen LogP contribution is -2.42. The molecule has 0 saturated carbocycles. The molecule has 0 radical (unpaired) electrons. The average Bonchev–Trinajstić information content (AvgIpc) is 3.24. The maximum absolute atomic E-state index is 12.5. The van der Waals surface area contributed by atoms with Crippen molar-refractivity contribution in [1.82, 2.24) is 5.32 Å². The first-order valence-corrected chi connectivity index (χ1v) is 10.8. The predicted molar refractivity (Wildman–Crippen MR) is 127 cm³/mol. The molecule has 0 saturated heterocycles. The molecular weight excluding hydrogens is 406 g/mol. The first-order chi connectivity index (χ1) is 15.2. The molecule has 1 amide bonds. The summed E-state index contributed by atoms with van der Waals surface area (Å²) in [6.45, 7) is 1.92. The quantitative estimate of drug-likeness (QED) is 0.615. The Bertz CT molecular complexity index is 1100. The fourth-order valence-corrected chi connectivity index (χ4v) is 4.37. The summed E-state index contributed by atoms with van der Waals surface area (Å²) in [6, 6.07) is 24.4. The highest BCUT2D eigenvalue weighted by Gasteiger charge is 2.29. The van der Waals surface area contributed by atoms with Crippen molar-refractivity contribution in [1.29, 1.82) is 0 Å². The Morgan fingerprint density at radius 2 is 1.65 bits per heavy atom. The van der Waals surface area contributed by atoms with Gasteiger partial charge in [-0.15, -0.1) is 0 Å². The van der Waals surface area contributed by atoms with Crippen molar-refractivity contribution in [2.45, 2.75) is 25.5 Å². The summed E-state index contributed by atoms with van der Waals surface area (Å²) in [5.74, 6) is 0.523. The van der Waals surface area contributed by atoms with E-state index < -0.39 is 6.10 Å². The summed E-state index contributed by atoms with van der Waals surface area (Å²) in [5.41, 5.74) is 5.87. The van der Waals surface area contributed by atoms with Crippen LogP contribution in [0.1, 0.15) is 16.7 Å². The van der Waals surface area contributed by atoms with Crippen LogP contribution >= 0.6 is 12.2 Å². The van der Waals surface area contributed by atoms with Crippen LogP contribution in [0.15, 0.2) is 72.8 Å². The van der Waals surface area contributed by atoms with E-state index >= 15 is 0 Å². The molecule has 156 valence electrons. The fourth-order valence-electron chi connectivity index (χ4n) is 4.15. The van der Waals surface area contributed by atoms with E-state index in [1.807, 2.05) is 36.4 Å². The zero-order valence-corrected chi connectivity index (χ0v) is 17.8. The minimum Gasteiger partial charge on any atom is -0.480 e. The highest BCUT2D eigenvalue weighted by atomic mass is 32.1. The van der Waals surface area contributed by atoms with Gasteiger partial charge in [0, 0.05) is 30.9 Å². The summed E-state index contributed by atoms with van der Waals surface area (Å²) < 4.78 is 5.72. The number of anilines is 2. The Morgan fingerprint density at radius 1 is 0.935 bits per heavy atom. The number of amides is 1. The van der Waals surface area contributed by atoms with Gasteiger partial charge < -0.3 is 15.0 Å². The van der Waals surface area contributed by atoms with Gasteiger partial charge in [-0.1, -0.05) is 42.5 Å². The molecule has 0 fully saturated rings. The van der Waals surface area contributed by atoms with Gasteiger partial charge in [-0.05, 0) is 65.7 Å². The van der Waals surface area contributed by atoms with Crippen LogP contribution in [-0.2, 0) is 24.2 Å². The predicted octanol–water partition coefficient (Wildman–Crippen LogP) is 4.07. The van der Waals surface area contributed by atoms with Crippen LogP contribution < -0.4 is 20.3 Å². The number of carbonyl (C=O) groups is 1. The van der Waals surface area contributed by atoms with Crippen LogP contribution in [0.25, 0.3) is 0 Å². The number of hydrogen-bond acceptors (Lipinski definition) is 4. The van der Waals surface area contributed by atoms with Crippen molar-refractivity contribution in [3.63, 3.8) is 0 Å². The van der Waals surface area contributed by atoms with Crippen LogP contribution in [0.4, 0.5) is 11.4 Å². The van der Waals surface area contributed by atoms with Crippen molar-refractivity contribution < 1.29 is 9.53 Å². The standard InChI is InChI=1S/C25H23N3O2S/c29-24(23-15-18-6-3-4-8-22(18)30-23)27-25(31)26-20-9-11-21(12-10-20)28-14-13-17-5-1-2-7-19(17)16-28/h1-12,23H,13-16H2,(H2,26,27,29,31). The van der Waals surface area contributed by atoms with E-state index in [4.69, 9.17) is 17.0 Å². The lowest BCUT2D eigenvalue weighted by molar-refractivity contribution is -0.125. The van der Waals surface area contributed by atoms with Crippen LogP contribution in [0.5, 0.6) is 5.75 Å². The Morgan fingerprint density at radius 3 is 2.42 bits per heavy atom. The summed E-state index contributed by atoms with van der Waals surface area (Å²) in [7, 11) is 0. The van der Waals surface area contributed by atoms with Gasteiger partial charge in [-0.3, -0.25) is 10.1 Å². The van der Waals surface area contributed by atoms with Crippen LogP contribution in [0.2, 0.25) is 0 Å². The maximum Gasteiger partial charge on any atom is 0.267 e. The van der Waals surface area contributed by atoms with Crippen LogP contribution in [-0.4, -0.2) is 23.7 Å². The third-order valence-electron chi connectivity index (χ3n) is 5.80. The van der Waals surface area contributed by atoms with E-state index in [9.17, 15) is 4.79 Å². The van der Waals surface area contributed by atoms with E-state index in [0.717, 1.165) is 36.5 Å². The number of benzene rings is 3. The first kappa shape index (κ1) is 19.6. The molecule has 1 atom stereocenters. The number of nitrogens with one attached hydrogen (secondary N) is 2. The molecule has 5 rings (SSSR count). The Hall–Kier alpha value is -3.38. The molecule has 5 nitrogen and oxygen atoms in total. The van der Waals surface area contributed by atoms with E-state index in [1.54, 1.807) is 0 Å². The van der Waals surface area contributed by atoms with Gasteiger partial charge in [0.1, 0.15) is 5.75 Å². The van der Waals surface area contributed by atoms with E-state index in [-0.39, 0.29) is 11.0 Å². The molecular formula is C25H23N3O2S. The van der Waals surface area contributed by atoms with E-state index in [2.05, 4.69) is 51.9 Å². The largest absolute Gasteiger partial charge is 0.480 e. The van der Waals surface area contributed by atoms with Gasteiger partial charge in [0.15, 0.2) is 11.2 Å². The van der Waals surface area contributed by atoms with Gasteiger partial charge in [0.2, 0.25) is 0 Å². The van der Waals surface area contributed by atoms with Crippen molar-refractivity contribution >= 4 is 34.6 Å². The van der Waals surface area contributed by atoms with Crippen molar-refractivity contribution in [2.75, 3.05) is 16.8 Å². The Kier molecular flexibility index (Phi) is 5.30. The number of carbonyl (C=O) groups excluding carboxylic acids is 1. The molecule has 0 bridgehead atoms. The number of hydrogen-bond donors (Lipinski definition) is 2. The summed E-state index contributed by atoms with van der Waals surface area (Å²) in [5, 5.41) is 6.10. The average molecular weight is 430 g/mol. The molecule has 3 aromatic carbocycles. The van der Waals surface area contributed by atoms with E-state index in [1.165, 1.54) is 16.8 Å². The highest BCUT2D eigenvalue weighted by Crippen LogP contribution is 2.28. The lowest BCUT2D eigenvalue weighted by atomic mass is 9.99. The molecule has 2 aliphatic rings. The molecule has 3 aromatic rings. The summed E-state index contributed by atoms with van der Waals surface area (Å²) >= 11 is 5.33. The maximum atomic E-state index is 12.5. The van der Waals surface area contributed by atoms with Crippen molar-refractivity contribution in [3.8, 4) is 5.75 Å². The SMILES string of the molecule is O=C(NC(=S)Nc1ccc(N2CCc3ccccc3C2)cc1)C1Cc2ccccc2O1. The van der Waals surface area contributed by atoms with Crippen LogP contribution in [0, 0.1) is 0 Å². The third kappa shape index (κ3) is 4.25. The zero-order chi connectivity index (χ0) is 21.2. The fraction of sp³-hybridized carbons (Fsp3) is 0.200. The number of rotatable bonds is 3. The topological polar surface area (TPSA) is 53.6 Å². The third-order valence-corrected chi connectivity index (χ3v) is 6.00. The minimum absolute atomic E-state index is 0.239. The monoisotopic (exact) mass is 429 g/mol. The normalized spacial score (nSPS) is 16.6. The van der Waals surface area contributed by atoms with E-state index in [0.29, 0.717) is 6.42 Å². The second-order valence-corrected chi connectivity index (χ2v) is 8.26. The highest BCUT2D eigenvalue weighted by molar-refractivity contribution is 7.80. The minimum atomic E-state index is -0.554. The zero-order valence-electron chi connectivity index (χ0n) is 17.0. The number of ether oxygens (including phenoxy) is 1. The molecule has 1 unspecified atom stereocenters. The molecule has 31 heavy (non-hydrogen) atoms. The van der Waals surface area contributed by atoms with Gasteiger partial charge >= 0.3 is 0 Å². The second-order valence-electron chi connectivity index (χ2n) is 7.85. The molecule has 0 aromatic heterocycles. The molecule has 2 heterocycles. The number of thiocarbonyl (C=S) groups is 1. The smallest absolute Gasteiger partial charge is 0.267 e. The molecule has 0 aliphatic carbocycles. The molecule has 2 aliphatic heterocycles.